The van der Waals surface area contributed by atoms with Gasteiger partial charge >= 0.3 is 0 Å². The van der Waals surface area contributed by atoms with Crippen LogP contribution in [-0.4, -0.2) is 10.9 Å². The van der Waals surface area contributed by atoms with E-state index in [1.807, 2.05) is 13.0 Å². The molecule has 0 spiro atoms. The normalized spacial score (nSPS) is 20.0. The van der Waals surface area contributed by atoms with Crippen molar-refractivity contribution in [3.05, 3.63) is 71.7 Å². The number of nitrogens with one attached hydrogen (secondary N) is 1. The van der Waals surface area contributed by atoms with Crippen molar-refractivity contribution in [3.63, 3.8) is 0 Å². The van der Waals surface area contributed by atoms with Gasteiger partial charge in [-0.05, 0) is 79.5 Å². The van der Waals surface area contributed by atoms with E-state index in [4.69, 9.17) is 0 Å². The van der Waals surface area contributed by atoms with Crippen molar-refractivity contribution in [2.45, 2.75) is 45.0 Å². The minimum absolute atomic E-state index is 0.105. The van der Waals surface area contributed by atoms with Crippen LogP contribution in [0.15, 0.2) is 54.7 Å². The molecule has 1 heterocycles. The maximum atomic E-state index is 13.8. The lowest BCUT2D eigenvalue weighted by Gasteiger charge is -2.32. The van der Waals surface area contributed by atoms with E-state index in [9.17, 15) is 18.0 Å². The predicted octanol–water partition coefficient (Wildman–Crippen LogP) is 6.86. The Morgan fingerprint density at radius 2 is 1.84 bits per heavy atom. The number of benzene rings is 2. The first-order valence-electron chi connectivity index (χ1n) is 10.7. The average molecular weight is 426 g/mol. The molecule has 1 aliphatic carbocycles. The van der Waals surface area contributed by atoms with Gasteiger partial charge in [0.25, 0.3) is 6.43 Å². The van der Waals surface area contributed by atoms with E-state index in [-0.39, 0.29) is 29.1 Å². The van der Waals surface area contributed by atoms with Crippen molar-refractivity contribution < 1.29 is 18.0 Å². The van der Waals surface area contributed by atoms with Crippen LogP contribution in [0.5, 0.6) is 0 Å². The largest absolute Gasteiger partial charge is 0.326 e. The number of carbonyl (C=O) groups excluding carboxylic acids is 1. The molecule has 1 atom stereocenters. The second-order valence-corrected chi connectivity index (χ2v) is 8.38. The number of anilines is 1. The maximum absolute atomic E-state index is 13.8. The van der Waals surface area contributed by atoms with Gasteiger partial charge in [0.15, 0.2) is 0 Å². The van der Waals surface area contributed by atoms with Gasteiger partial charge in [-0.25, -0.2) is 13.2 Å². The number of aromatic nitrogens is 1. The minimum Gasteiger partial charge on any atom is -0.326 e. The number of pyridine rings is 1. The number of fused-ring (bicyclic) bond motifs is 1. The molecular formula is C25H25F3N2O. The highest BCUT2D eigenvalue weighted by Gasteiger charge is 2.30. The molecule has 1 aromatic heterocycles. The molecule has 3 nitrogen and oxygen atoms in total. The van der Waals surface area contributed by atoms with E-state index >= 15 is 0 Å². The fraction of sp³-hybridized carbons (Fsp3) is 0.360. The zero-order valence-corrected chi connectivity index (χ0v) is 17.3. The average Bonchev–Trinajstić information content (AvgIpc) is 2.78. The van der Waals surface area contributed by atoms with Gasteiger partial charge in [-0.2, -0.15) is 0 Å². The van der Waals surface area contributed by atoms with Crippen LogP contribution >= 0.6 is 0 Å². The summed E-state index contributed by atoms with van der Waals surface area (Å²) >= 11 is 0. The molecule has 4 rings (SSSR count). The summed E-state index contributed by atoms with van der Waals surface area (Å²) in [6, 6.07) is 12.5. The molecule has 31 heavy (non-hydrogen) atoms. The standard InChI is InChI=1S/C25H25F3N2O/c1-15(25(31)30-20-4-2-3-18(13-20)24(27)28)16-5-7-17(8-6-16)21-11-12-29-23-10-9-19(26)14-22(21)23/h2-4,9-17,24H,5-8H2,1H3,(H,30,31). The highest BCUT2D eigenvalue weighted by atomic mass is 19.3. The molecule has 0 aliphatic heterocycles. The Hall–Kier alpha value is -2.89. The zero-order valence-electron chi connectivity index (χ0n) is 17.3. The number of nitrogens with zero attached hydrogens (tertiary/aromatic N) is 1. The zero-order chi connectivity index (χ0) is 22.0. The van der Waals surface area contributed by atoms with Crippen LogP contribution in [0.4, 0.5) is 18.9 Å². The van der Waals surface area contributed by atoms with Gasteiger partial charge in [0.1, 0.15) is 5.82 Å². The van der Waals surface area contributed by atoms with Crippen molar-refractivity contribution in [2.24, 2.45) is 11.8 Å². The first-order chi connectivity index (χ1) is 14.9. The lowest BCUT2D eigenvalue weighted by molar-refractivity contribution is -0.121. The smallest absolute Gasteiger partial charge is 0.263 e. The first-order valence-corrected chi connectivity index (χ1v) is 10.7. The number of halogens is 3. The van der Waals surface area contributed by atoms with Crippen molar-refractivity contribution in [2.75, 3.05) is 5.32 Å². The van der Waals surface area contributed by atoms with Crippen LogP contribution in [0.1, 0.15) is 56.1 Å². The van der Waals surface area contributed by atoms with E-state index < -0.39 is 6.43 Å². The molecule has 1 unspecified atom stereocenters. The molecule has 1 saturated carbocycles. The number of hydrogen-bond donors (Lipinski definition) is 1. The summed E-state index contributed by atoms with van der Waals surface area (Å²) in [6.45, 7) is 1.90. The van der Waals surface area contributed by atoms with Crippen molar-refractivity contribution in [3.8, 4) is 0 Å². The number of amides is 1. The fourth-order valence-electron chi connectivity index (χ4n) is 4.65. The lowest BCUT2D eigenvalue weighted by Crippen LogP contribution is -2.29. The second kappa shape index (κ2) is 9.08. The summed E-state index contributed by atoms with van der Waals surface area (Å²) in [5.74, 6) is -0.105. The Bertz CT molecular complexity index is 1080. The monoisotopic (exact) mass is 426 g/mol. The Morgan fingerprint density at radius 1 is 1.06 bits per heavy atom. The molecule has 2 aromatic carbocycles. The Balaban J connectivity index is 1.40. The maximum Gasteiger partial charge on any atom is 0.263 e. The molecular weight excluding hydrogens is 401 g/mol. The van der Waals surface area contributed by atoms with Crippen molar-refractivity contribution in [1.29, 1.82) is 0 Å². The molecule has 6 heteroatoms. The van der Waals surface area contributed by atoms with Gasteiger partial charge in [-0.3, -0.25) is 9.78 Å². The summed E-state index contributed by atoms with van der Waals surface area (Å²) in [4.78, 5) is 17.0. The van der Waals surface area contributed by atoms with E-state index in [2.05, 4.69) is 10.3 Å². The SMILES string of the molecule is CC(C(=O)Nc1cccc(C(F)F)c1)C1CCC(c2ccnc3ccc(F)cc23)CC1. The highest BCUT2D eigenvalue weighted by Crippen LogP contribution is 2.41. The van der Waals surface area contributed by atoms with Gasteiger partial charge in [-0.15, -0.1) is 0 Å². The third kappa shape index (κ3) is 4.73. The number of carbonyl (C=O) groups is 1. The quantitative estimate of drug-likeness (QED) is 0.484. The Labute approximate surface area is 179 Å². The van der Waals surface area contributed by atoms with Gasteiger partial charge in [-0.1, -0.05) is 19.1 Å². The molecule has 3 aromatic rings. The van der Waals surface area contributed by atoms with Gasteiger partial charge in [0.05, 0.1) is 5.52 Å². The van der Waals surface area contributed by atoms with Gasteiger partial charge in [0, 0.05) is 28.8 Å². The molecule has 0 saturated heterocycles. The fourth-order valence-corrected chi connectivity index (χ4v) is 4.65. The van der Waals surface area contributed by atoms with Crippen molar-refractivity contribution in [1.82, 2.24) is 4.98 Å². The highest BCUT2D eigenvalue weighted by molar-refractivity contribution is 5.92. The van der Waals surface area contributed by atoms with Crippen LogP contribution < -0.4 is 5.32 Å². The topological polar surface area (TPSA) is 42.0 Å². The van der Waals surface area contributed by atoms with Crippen LogP contribution in [-0.2, 0) is 4.79 Å². The molecule has 162 valence electrons. The second-order valence-electron chi connectivity index (χ2n) is 8.38. The molecule has 0 radical (unpaired) electrons. The first kappa shape index (κ1) is 21.3. The van der Waals surface area contributed by atoms with E-state index in [1.54, 1.807) is 24.4 Å². The molecule has 0 bridgehead atoms. The molecule has 1 fully saturated rings. The van der Waals surface area contributed by atoms with Crippen molar-refractivity contribution >= 4 is 22.5 Å². The van der Waals surface area contributed by atoms with Crippen LogP contribution in [0.2, 0.25) is 0 Å². The summed E-state index contributed by atoms with van der Waals surface area (Å²) in [5, 5.41) is 3.64. The summed E-state index contributed by atoms with van der Waals surface area (Å²) < 4.78 is 39.6. The number of hydrogen-bond acceptors (Lipinski definition) is 2. The molecule has 1 N–H and O–H groups in total. The summed E-state index contributed by atoms with van der Waals surface area (Å²) in [6.07, 6.45) is 2.80. The molecule has 1 amide bonds. The Kier molecular flexibility index (Phi) is 6.25. The van der Waals surface area contributed by atoms with Crippen LogP contribution in [0, 0.1) is 17.7 Å². The summed E-state index contributed by atoms with van der Waals surface area (Å²) in [5.41, 5.74) is 2.20. The van der Waals surface area contributed by atoms with E-state index in [0.717, 1.165) is 42.1 Å². The Morgan fingerprint density at radius 3 is 2.58 bits per heavy atom. The van der Waals surface area contributed by atoms with Crippen LogP contribution in [0.25, 0.3) is 10.9 Å². The predicted molar refractivity (Wildman–Crippen MR) is 116 cm³/mol. The number of alkyl halides is 2. The lowest BCUT2D eigenvalue weighted by atomic mass is 9.73. The summed E-state index contributed by atoms with van der Waals surface area (Å²) in [7, 11) is 0. The molecule has 1 aliphatic rings. The van der Waals surface area contributed by atoms with E-state index in [0.29, 0.717) is 11.6 Å². The van der Waals surface area contributed by atoms with Gasteiger partial charge in [0.2, 0.25) is 5.91 Å². The third-order valence-corrected chi connectivity index (χ3v) is 6.48. The van der Waals surface area contributed by atoms with Crippen LogP contribution in [0.3, 0.4) is 0 Å². The minimum atomic E-state index is -2.57. The number of rotatable bonds is 5. The van der Waals surface area contributed by atoms with E-state index in [1.165, 1.54) is 24.3 Å². The van der Waals surface area contributed by atoms with Gasteiger partial charge < -0.3 is 5.32 Å². The third-order valence-electron chi connectivity index (χ3n) is 6.48.